The Labute approximate surface area is 83.2 Å². The molecule has 0 aliphatic heterocycles. The molecule has 0 aliphatic carbocycles. The van der Waals surface area contributed by atoms with Crippen molar-refractivity contribution in [2.75, 3.05) is 0 Å². The van der Waals surface area contributed by atoms with E-state index in [4.69, 9.17) is 5.73 Å². The smallest absolute Gasteiger partial charge is 0.0690 e. The van der Waals surface area contributed by atoms with E-state index in [-0.39, 0.29) is 0 Å². The van der Waals surface area contributed by atoms with Crippen LogP contribution in [0.25, 0.3) is 5.69 Å². The van der Waals surface area contributed by atoms with Gasteiger partial charge in [-0.05, 0) is 24.6 Å². The van der Waals surface area contributed by atoms with Gasteiger partial charge in [0.05, 0.1) is 5.69 Å². The molecule has 0 amide bonds. The predicted octanol–water partition coefficient (Wildman–Crippen LogP) is 1.64. The van der Waals surface area contributed by atoms with Crippen molar-refractivity contribution in [2.45, 2.75) is 13.5 Å². The summed E-state index contributed by atoms with van der Waals surface area (Å²) in [6.45, 7) is 2.60. The first kappa shape index (κ1) is 8.97. The third kappa shape index (κ3) is 1.54. The highest BCUT2D eigenvalue weighted by molar-refractivity contribution is 5.42. The third-order valence-corrected chi connectivity index (χ3v) is 2.21. The fourth-order valence-corrected chi connectivity index (χ4v) is 1.51. The van der Waals surface area contributed by atoms with Gasteiger partial charge in [-0.3, -0.25) is 0 Å². The molecule has 0 saturated heterocycles. The molecule has 14 heavy (non-hydrogen) atoms. The summed E-state index contributed by atoms with van der Waals surface area (Å²) < 4.78 is 1.83. The van der Waals surface area contributed by atoms with Crippen molar-refractivity contribution in [3.63, 3.8) is 0 Å². The van der Waals surface area contributed by atoms with Crippen LogP contribution in [-0.4, -0.2) is 9.78 Å². The SMILES string of the molecule is Cc1ccc(-n2cccn2)c(CN)c1. The highest BCUT2D eigenvalue weighted by Crippen LogP contribution is 2.14. The number of aryl methyl sites for hydroxylation is 1. The van der Waals surface area contributed by atoms with Crippen molar-refractivity contribution in [3.8, 4) is 5.69 Å². The standard InChI is InChI=1S/C11H13N3/c1-9-3-4-11(10(7-9)8-12)14-6-2-5-13-14/h2-7H,8,12H2,1H3. The first-order valence-electron chi connectivity index (χ1n) is 4.61. The van der Waals surface area contributed by atoms with Gasteiger partial charge in [-0.1, -0.05) is 17.7 Å². The molecule has 0 radical (unpaired) electrons. The molecule has 1 aromatic carbocycles. The van der Waals surface area contributed by atoms with Crippen molar-refractivity contribution in [1.29, 1.82) is 0 Å². The van der Waals surface area contributed by atoms with Crippen LogP contribution in [0, 0.1) is 6.92 Å². The van der Waals surface area contributed by atoms with Crippen LogP contribution in [-0.2, 0) is 6.54 Å². The summed E-state index contributed by atoms with van der Waals surface area (Å²) in [5.41, 5.74) is 9.09. The van der Waals surface area contributed by atoms with Crippen LogP contribution in [0.5, 0.6) is 0 Å². The Hall–Kier alpha value is -1.61. The van der Waals surface area contributed by atoms with Gasteiger partial charge in [0.15, 0.2) is 0 Å². The summed E-state index contributed by atoms with van der Waals surface area (Å²) in [5, 5.41) is 4.19. The van der Waals surface area contributed by atoms with Gasteiger partial charge in [-0.2, -0.15) is 5.10 Å². The monoisotopic (exact) mass is 187 g/mol. The Kier molecular flexibility index (Phi) is 2.33. The maximum atomic E-state index is 5.68. The lowest BCUT2D eigenvalue weighted by Crippen LogP contribution is -2.05. The second kappa shape index (κ2) is 3.64. The molecule has 2 aromatic rings. The maximum Gasteiger partial charge on any atom is 0.0690 e. The molecule has 0 aliphatic rings. The van der Waals surface area contributed by atoms with Crippen LogP contribution in [0.3, 0.4) is 0 Å². The average molecular weight is 187 g/mol. The number of benzene rings is 1. The van der Waals surface area contributed by atoms with E-state index < -0.39 is 0 Å². The Morgan fingerprint density at radius 3 is 2.93 bits per heavy atom. The van der Waals surface area contributed by atoms with Crippen LogP contribution < -0.4 is 5.73 Å². The van der Waals surface area contributed by atoms with Gasteiger partial charge < -0.3 is 5.73 Å². The first-order valence-corrected chi connectivity index (χ1v) is 4.61. The maximum absolute atomic E-state index is 5.68. The summed E-state index contributed by atoms with van der Waals surface area (Å²) >= 11 is 0. The molecular formula is C11H13N3. The molecule has 0 fully saturated rings. The molecule has 0 bridgehead atoms. The predicted molar refractivity (Wildman–Crippen MR) is 56.2 cm³/mol. The number of hydrogen-bond donors (Lipinski definition) is 1. The normalized spacial score (nSPS) is 10.4. The van der Waals surface area contributed by atoms with E-state index in [1.807, 2.05) is 23.0 Å². The Bertz CT molecular complexity index is 418. The lowest BCUT2D eigenvalue weighted by Gasteiger charge is -2.08. The lowest BCUT2D eigenvalue weighted by molar-refractivity contribution is 0.857. The highest BCUT2D eigenvalue weighted by Gasteiger charge is 2.02. The van der Waals surface area contributed by atoms with E-state index >= 15 is 0 Å². The van der Waals surface area contributed by atoms with Crippen molar-refractivity contribution in [3.05, 3.63) is 47.8 Å². The zero-order valence-electron chi connectivity index (χ0n) is 8.14. The summed E-state index contributed by atoms with van der Waals surface area (Å²) in [4.78, 5) is 0. The van der Waals surface area contributed by atoms with Gasteiger partial charge in [0.1, 0.15) is 0 Å². The minimum atomic E-state index is 0.539. The van der Waals surface area contributed by atoms with Crippen molar-refractivity contribution in [2.24, 2.45) is 5.73 Å². The van der Waals surface area contributed by atoms with Crippen LogP contribution in [0.1, 0.15) is 11.1 Å². The van der Waals surface area contributed by atoms with E-state index in [2.05, 4.69) is 24.2 Å². The van der Waals surface area contributed by atoms with Crippen LogP contribution >= 0.6 is 0 Å². The van der Waals surface area contributed by atoms with E-state index in [0.29, 0.717) is 6.54 Å². The highest BCUT2D eigenvalue weighted by atomic mass is 15.3. The Morgan fingerprint density at radius 1 is 1.43 bits per heavy atom. The fourth-order valence-electron chi connectivity index (χ4n) is 1.51. The van der Waals surface area contributed by atoms with Gasteiger partial charge in [0.2, 0.25) is 0 Å². The van der Waals surface area contributed by atoms with Gasteiger partial charge >= 0.3 is 0 Å². The van der Waals surface area contributed by atoms with E-state index in [1.165, 1.54) is 5.56 Å². The Morgan fingerprint density at radius 2 is 2.29 bits per heavy atom. The molecule has 2 rings (SSSR count). The topological polar surface area (TPSA) is 43.8 Å². The summed E-state index contributed by atoms with van der Waals surface area (Å²) in [5.74, 6) is 0. The second-order valence-electron chi connectivity index (χ2n) is 3.29. The van der Waals surface area contributed by atoms with Crippen LogP contribution in [0.15, 0.2) is 36.7 Å². The Balaban J connectivity index is 2.53. The van der Waals surface area contributed by atoms with Gasteiger partial charge in [-0.15, -0.1) is 0 Å². The molecular weight excluding hydrogens is 174 g/mol. The van der Waals surface area contributed by atoms with Crippen molar-refractivity contribution in [1.82, 2.24) is 9.78 Å². The molecule has 0 saturated carbocycles. The summed E-state index contributed by atoms with van der Waals surface area (Å²) in [7, 11) is 0. The lowest BCUT2D eigenvalue weighted by atomic mass is 10.1. The molecule has 2 N–H and O–H groups in total. The molecule has 3 heteroatoms. The minimum absolute atomic E-state index is 0.539. The van der Waals surface area contributed by atoms with Crippen molar-refractivity contribution >= 4 is 0 Å². The van der Waals surface area contributed by atoms with Gasteiger partial charge in [0, 0.05) is 18.9 Å². The third-order valence-electron chi connectivity index (χ3n) is 2.21. The number of hydrogen-bond acceptors (Lipinski definition) is 2. The van der Waals surface area contributed by atoms with Crippen molar-refractivity contribution < 1.29 is 0 Å². The molecule has 0 unspecified atom stereocenters. The van der Waals surface area contributed by atoms with Crippen LogP contribution in [0.2, 0.25) is 0 Å². The largest absolute Gasteiger partial charge is 0.326 e. The summed E-state index contributed by atoms with van der Waals surface area (Å²) in [6.07, 6.45) is 3.68. The van der Waals surface area contributed by atoms with Crippen LogP contribution in [0.4, 0.5) is 0 Å². The first-order chi connectivity index (χ1) is 6.81. The molecule has 1 heterocycles. The van der Waals surface area contributed by atoms with E-state index in [0.717, 1.165) is 11.3 Å². The summed E-state index contributed by atoms with van der Waals surface area (Å²) in [6, 6.07) is 8.11. The van der Waals surface area contributed by atoms with Gasteiger partial charge in [0.25, 0.3) is 0 Å². The van der Waals surface area contributed by atoms with E-state index in [1.54, 1.807) is 6.20 Å². The minimum Gasteiger partial charge on any atom is -0.326 e. The fraction of sp³-hybridized carbons (Fsp3) is 0.182. The number of rotatable bonds is 2. The van der Waals surface area contributed by atoms with E-state index in [9.17, 15) is 0 Å². The quantitative estimate of drug-likeness (QED) is 0.776. The second-order valence-corrected chi connectivity index (χ2v) is 3.29. The zero-order valence-corrected chi connectivity index (χ0v) is 8.14. The molecule has 72 valence electrons. The molecule has 1 aromatic heterocycles. The number of nitrogens with two attached hydrogens (primary N) is 1. The molecule has 0 spiro atoms. The average Bonchev–Trinajstić information content (AvgIpc) is 2.70. The number of nitrogens with zero attached hydrogens (tertiary/aromatic N) is 2. The zero-order chi connectivity index (χ0) is 9.97. The molecule has 0 atom stereocenters. The number of aromatic nitrogens is 2. The molecule has 3 nitrogen and oxygen atoms in total. The van der Waals surface area contributed by atoms with Gasteiger partial charge in [-0.25, -0.2) is 4.68 Å².